The quantitative estimate of drug-likeness (QED) is 0.822. The van der Waals surface area contributed by atoms with E-state index in [0.29, 0.717) is 4.47 Å². The molecule has 1 atom stereocenters. The first-order valence-electron chi connectivity index (χ1n) is 3.26. The first kappa shape index (κ1) is 11.6. The molecule has 0 saturated carbocycles. The second-order valence-electron chi connectivity index (χ2n) is 2.32. The lowest BCUT2D eigenvalue weighted by Gasteiger charge is -2.03. The summed E-state index contributed by atoms with van der Waals surface area (Å²) in [5.74, 6) is -1.24. The van der Waals surface area contributed by atoms with Gasteiger partial charge in [0.2, 0.25) is 0 Å². The van der Waals surface area contributed by atoms with Crippen LogP contribution < -0.4 is 0 Å². The van der Waals surface area contributed by atoms with E-state index in [9.17, 15) is 9.00 Å². The van der Waals surface area contributed by atoms with Crippen molar-refractivity contribution < 1.29 is 18.7 Å². The second kappa shape index (κ2) is 4.39. The van der Waals surface area contributed by atoms with Crippen molar-refractivity contribution in [3.05, 3.63) is 27.2 Å². The van der Waals surface area contributed by atoms with Gasteiger partial charge in [0, 0.05) is 4.47 Å². The number of aromatic carboxylic acids is 1. The normalized spacial score (nSPS) is 12.5. The predicted octanol–water partition coefficient (Wildman–Crippen LogP) is 2.38. The highest BCUT2D eigenvalue weighted by molar-refractivity contribution is 9.10. The highest BCUT2D eigenvalue weighted by Gasteiger charge is 2.15. The van der Waals surface area contributed by atoms with Gasteiger partial charge >= 0.3 is 5.97 Å². The third-order valence-electron chi connectivity index (χ3n) is 1.44. The Hall–Kier alpha value is -0.430. The number of carboxylic acids is 1. The summed E-state index contributed by atoms with van der Waals surface area (Å²) < 4.78 is 19.9. The topological polar surface area (TPSA) is 74.6 Å². The lowest BCUT2D eigenvalue weighted by atomic mass is 10.2. The zero-order valence-electron chi connectivity index (χ0n) is 6.53. The van der Waals surface area contributed by atoms with Crippen molar-refractivity contribution >= 4 is 44.6 Å². The molecule has 0 aromatic heterocycles. The van der Waals surface area contributed by atoms with E-state index < -0.39 is 17.0 Å². The molecule has 4 nitrogen and oxygen atoms in total. The van der Waals surface area contributed by atoms with E-state index in [1.54, 1.807) is 0 Å². The molecule has 1 unspecified atom stereocenters. The number of carboxylic acid groups (broad SMARTS) is 1. The number of hydrogen-bond donors (Lipinski definition) is 2. The van der Waals surface area contributed by atoms with Crippen molar-refractivity contribution in [3.63, 3.8) is 0 Å². The summed E-state index contributed by atoms with van der Waals surface area (Å²) in [6.07, 6.45) is 0. The molecule has 0 aliphatic heterocycles. The fourth-order valence-electron chi connectivity index (χ4n) is 0.827. The van der Waals surface area contributed by atoms with E-state index in [-0.39, 0.29) is 15.5 Å². The molecule has 76 valence electrons. The Balaban J connectivity index is 3.42. The zero-order valence-corrected chi connectivity index (χ0v) is 9.69. The van der Waals surface area contributed by atoms with Crippen molar-refractivity contribution in [1.82, 2.24) is 0 Å². The van der Waals surface area contributed by atoms with E-state index in [2.05, 4.69) is 15.9 Å². The second-order valence-corrected chi connectivity index (χ2v) is 4.52. The first-order valence-corrected chi connectivity index (χ1v) is 5.54. The van der Waals surface area contributed by atoms with Gasteiger partial charge in [-0.2, -0.15) is 0 Å². The molecule has 0 fully saturated rings. The van der Waals surface area contributed by atoms with Gasteiger partial charge in [-0.05, 0) is 28.1 Å². The molecule has 0 spiro atoms. The number of rotatable bonds is 2. The average molecular weight is 300 g/mol. The molecule has 14 heavy (non-hydrogen) atoms. The maximum atomic E-state index is 10.8. The first-order chi connectivity index (χ1) is 6.43. The molecule has 7 heteroatoms. The van der Waals surface area contributed by atoms with Gasteiger partial charge in [-0.25, -0.2) is 9.00 Å². The standard InChI is InChI=1S/C7H4BrClO4S/c8-4-2-5(9)3(7(10)11)1-6(4)14(12)13/h1-2H,(H,10,11)(H,12,13). The van der Waals surface area contributed by atoms with Crippen molar-refractivity contribution in [1.29, 1.82) is 0 Å². The van der Waals surface area contributed by atoms with Crippen LogP contribution in [0.5, 0.6) is 0 Å². The summed E-state index contributed by atoms with van der Waals surface area (Å²) in [6, 6.07) is 2.33. The molecule has 0 saturated heterocycles. The third-order valence-corrected chi connectivity index (χ3v) is 3.39. The van der Waals surface area contributed by atoms with E-state index in [0.717, 1.165) is 6.07 Å². The number of hydrogen-bond acceptors (Lipinski definition) is 2. The van der Waals surface area contributed by atoms with Gasteiger partial charge in [-0.1, -0.05) is 11.6 Å². The van der Waals surface area contributed by atoms with Crippen LogP contribution in [0.1, 0.15) is 10.4 Å². The third kappa shape index (κ3) is 2.33. The van der Waals surface area contributed by atoms with Crippen LogP contribution in [0.25, 0.3) is 0 Å². The summed E-state index contributed by atoms with van der Waals surface area (Å²) >= 11 is 6.37. The van der Waals surface area contributed by atoms with E-state index in [1.807, 2.05) is 0 Å². The van der Waals surface area contributed by atoms with E-state index >= 15 is 0 Å². The van der Waals surface area contributed by atoms with Crippen LogP contribution in [0.2, 0.25) is 5.02 Å². The highest BCUT2D eigenvalue weighted by atomic mass is 79.9. The maximum Gasteiger partial charge on any atom is 0.337 e. The van der Waals surface area contributed by atoms with E-state index in [1.165, 1.54) is 6.07 Å². The van der Waals surface area contributed by atoms with Gasteiger partial charge in [0.15, 0.2) is 11.1 Å². The van der Waals surface area contributed by atoms with Crippen LogP contribution in [-0.4, -0.2) is 19.8 Å². The Morgan fingerprint density at radius 3 is 2.50 bits per heavy atom. The SMILES string of the molecule is O=C(O)c1cc(S(=O)O)c(Br)cc1Cl. The van der Waals surface area contributed by atoms with Gasteiger partial charge in [-0.3, -0.25) is 0 Å². The Morgan fingerprint density at radius 2 is 2.07 bits per heavy atom. The highest BCUT2D eigenvalue weighted by Crippen LogP contribution is 2.27. The average Bonchev–Trinajstić information content (AvgIpc) is 2.02. The molecule has 1 aromatic carbocycles. The summed E-state index contributed by atoms with van der Waals surface area (Å²) in [6.45, 7) is 0. The molecular formula is C7H4BrClO4S. The van der Waals surface area contributed by atoms with Crippen molar-refractivity contribution in [2.24, 2.45) is 0 Å². The number of benzene rings is 1. The summed E-state index contributed by atoms with van der Waals surface area (Å²) in [4.78, 5) is 10.6. The van der Waals surface area contributed by atoms with Crippen molar-refractivity contribution in [2.75, 3.05) is 0 Å². The van der Waals surface area contributed by atoms with Crippen LogP contribution in [0, 0.1) is 0 Å². The smallest absolute Gasteiger partial charge is 0.337 e. The molecular weight excluding hydrogens is 295 g/mol. The van der Waals surface area contributed by atoms with Gasteiger partial charge in [0.05, 0.1) is 15.5 Å². The van der Waals surface area contributed by atoms with Gasteiger partial charge in [0.25, 0.3) is 0 Å². The molecule has 2 N–H and O–H groups in total. The van der Waals surface area contributed by atoms with Crippen LogP contribution in [-0.2, 0) is 11.1 Å². The molecule has 0 bridgehead atoms. The fraction of sp³-hybridized carbons (Fsp3) is 0. The molecule has 0 amide bonds. The predicted molar refractivity (Wildman–Crippen MR) is 55.1 cm³/mol. The summed E-state index contributed by atoms with van der Waals surface area (Å²) in [5, 5.41) is 8.70. The van der Waals surface area contributed by atoms with Crippen molar-refractivity contribution in [2.45, 2.75) is 4.90 Å². The Bertz CT molecular complexity index is 385. The maximum absolute atomic E-state index is 10.8. The number of carbonyl (C=O) groups is 1. The van der Waals surface area contributed by atoms with Gasteiger partial charge in [0.1, 0.15) is 0 Å². The lowest BCUT2D eigenvalue weighted by Crippen LogP contribution is -2.00. The molecule has 1 rings (SSSR count). The lowest BCUT2D eigenvalue weighted by molar-refractivity contribution is 0.0697. The number of halogens is 2. The van der Waals surface area contributed by atoms with Crippen LogP contribution in [0.15, 0.2) is 21.5 Å². The molecule has 0 radical (unpaired) electrons. The van der Waals surface area contributed by atoms with Crippen LogP contribution >= 0.6 is 27.5 Å². The Morgan fingerprint density at radius 1 is 1.50 bits per heavy atom. The fourth-order valence-corrected chi connectivity index (χ4v) is 2.41. The molecule has 1 aromatic rings. The van der Waals surface area contributed by atoms with Gasteiger partial charge < -0.3 is 9.66 Å². The summed E-state index contributed by atoms with van der Waals surface area (Å²) in [5.41, 5.74) is -0.202. The molecule has 0 aliphatic carbocycles. The zero-order chi connectivity index (χ0) is 10.9. The van der Waals surface area contributed by atoms with E-state index in [4.69, 9.17) is 21.3 Å². The minimum atomic E-state index is -2.24. The minimum Gasteiger partial charge on any atom is -0.478 e. The van der Waals surface area contributed by atoms with Gasteiger partial charge in [-0.15, -0.1) is 0 Å². The van der Waals surface area contributed by atoms with Crippen LogP contribution in [0.3, 0.4) is 0 Å². The minimum absolute atomic E-state index is 0.0126. The van der Waals surface area contributed by atoms with Crippen LogP contribution in [0.4, 0.5) is 0 Å². The monoisotopic (exact) mass is 298 g/mol. The summed E-state index contributed by atoms with van der Waals surface area (Å²) in [7, 11) is 0. The largest absolute Gasteiger partial charge is 0.478 e. The van der Waals surface area contributed by atoms with Crippen molar-refractivity contribution in [3.8, 4) is 0 Å². The Kier molecular flexibility index (Phi) is 3.65. The molecule has 0 heterocycles. The molecule has 0 aliphatic rings. The Labute approximate surface area is 95.3 Å².